The van der Waals surface area contributed by atoms with Crippen molar-refractivity contribution in [2.45, 2.75) is 59.3 Å². The third-order valence-electron chi connectivity index (χ3n) is 4.14. The van der Waals surface area contributed by atoms with E-state index in [-0.39, 0.29) is 0 Å². The van der Waals surface area contributed by atoms with E-state index < -0.39 is 0 Å². The standard InChI is InChI=1S/C19H28N2/c1-5-8-16-13-19(20-11-6-2)17-12-15(14(4)7-3)9-10-18(17)21-16/h9-10,12-14H,5-8,11H2,1-4H3,(H,20,21). The lowest BCUT2D eigenvalue weighted by molar-refractivity contribution is 0.734. The van der Waals surface area contributed by atoms with Crippen LogP contribution in [0.15, 0.2) is 24.3 Å². The highest BCUT2D eigenvalue weighted by molar-refractivity contribution is 5.92. The minimum atomic E-state index is 0.601. The van der Waals surface area contributed by atoms with E-state index in [4.69, 9.17) is 4.98 Å². The van der Waals surface area contributed by atoms with Crippen molar-refractivity contribution in [3.63, 3.8) is 0 Å². The fraction of sp³-hybridized carbons (Fsp3) is 0.526. The Labute approximate surface area is 129 Å². The average Bonchev–Trinajstić information content (AvgIpc) is 2.51. The predicted octanol–water partition coefficient (Wildman–Crippen LogP) is 5.52. The second-order valence-corrected chi connectivity index (χ2v) is 5.92. The number of anilines is 1. The molecule has 0 saturated heterocycles. The summed E-state index contributed by atoms with van der Waals surface area (Å²) in [5.41, 5.74) is 4.97. The highest BCUT2D eigenvalue weighted by Gasteiger charge is 2.09. The molecule has 114 valence electrons. The van der Waals surface area contributed by atoms with E-state index in [9.17, 15) is 0 Å². The molecule has 0 saturated carbocycles. The van der Waals surface area contributed by atoms with Gasteiger partial charge in [0, 0.05) is 23.3 Å². The topological polar surface area (TPSA) is 24.9 Å². The van der Waals surface area contributed by atoms with Gasteiger partial charge in [0.15, 0.2) is 0 Å². The van der Waals surface area contributed by atoms with Crippen molar-refractivity contribution >= 4 is 16.6 Å². The van der Waals surface area contributed by atoms with Crippen LogP contribution in [-0.4, -0.2) is 11.5 Å². The maximum atomic E-state index is 4.82. The fourth-order valence-corrected chi connectivity index (χ4v) is 2.63. The first kappa shape index (κ1) is 15.8. The number of hydrogen-bond acceptors (Lipinski definition) is 2. The highest BCUT2D eigenvalue weighted by Crippen LogP contribution is 2.28. The van der Waals surface area contributed by atoms with Crippen LogP contribution < -0.4 is 5.32 Å². The van der Waals surface area contributed by atoms with Gasteiger partial charge in [-0.15, -0.1) is 0 Å². The molecule has 0 aliphatic heterocycles. The molecule has 0 aliphatic carbocycles. The highest BCUT2D eigenvalue weighted by atomic mass is 14.9. The van der Waals surface area contributed by atoms with E-state index in [2.05, 4.69) is 57.3 Å². The first-order valence-corrected chi connectivity index (χ1v) is 8.37. The minimum Gasteiger partial charge on any atom is -0.384 e. The van der Waals surface area contributed by atoms with Crippen molar-refractivity contribution in [3.05, 3.63) is 35.5 Å². The number of hydrogen-bond donors (Lipinski definition) is 1. The van der Waals surface area contributed by atoms with Crippen molar-refractivity contribution in [1.82, 2.24) is 4.98 Å². The second kappa shape index (κ2) is 7.44. The van der Waals surface area contributed by atoms with Gasteiger partial charge < -0.3 is 5.32 Å². The number of benzene rings is 1. The lowest BCUT2D eigenvalue weighted by Crippen LogP contribution is -2.03. The third-order valence-corrected chi connectivity index (χ3v) is 4.14. The Kier molecular flexibility index (Phi) is 5.60. The van der Waals surface area contributed by atoms with Crippen molar-refractivity contribution < 1.29 is 0 Å². The van der Waals surface area contributed by atoms with Crippen LogP contribution in [-0.2, 0) is 6.42 Å². The molecular weight excluding hydrogens is 256 g/mol. The lowest BCUT2D eigenvalue weighted by Gasteiger charge is -2.14. The number of nitrogens with one attached hydrogen (secondary N) is 1. The Morgan fingerprint density at radius 3 is 2.57 bits per heavy atom. The Balaban J connectivity index is 2.50. The molecule has 2 nitrogen and oxygen atoms in total. The van der Waals surface area contributed by atoms with Crippen LogP contribution in [0.1, 0.15) is 64.1 Å². The monoisotopic (exact) mass is 284 g/mol. The summed E-state index contributed by atoms with van der Waals surface area (Å²) in [7, 11) is 0. The van der Waals surface area contributed by atoms with Gasteiger partial charge in [0.2, 0.25) is 0 Å². The first-order valence-electron chi connectivity index (χ1n) is 8.37. The van der Waals surface area contributed by atoms with Gasteiger partial charge in [0.1, 0.15) is 0 Å². The Bertz CT molecular complexity index is 589. The van der Waals surface area contributed by atoms with Gasteiger partial charge in [0.05, 0.1) is 5.52 Å². The zero-order valence-electron chi connectivity index (χ0n) is 13.9. The molecule has 2 aromatic rings. The van der Waals surface area contributed by atoms with Crippen molar-refractivity contribution in [2.75, 3.05) is 11.9 Å². The molecule has 1 aromatic carbocycles. The maximum Gasteiger partial charge on any atom is 0.0726 e. The molecule has 0 fully saturated rings. The average molecular weight is 284 g/mol. The van der Waals surface area contributed by atoms with Crippen molar-refractivity contribution in [1.29, 1.82) is 0 Å². The van der Waals surface area contributed by atoms with Crippen LogP contribution in [0, 0.1) is 0 Å². The molecular formula is C19H28N2. The molecule has 1 heterocycles. The van der Waals surface area contributed by atoms with Gasteiger partial charge in [-0.1, -0.05) is 40.2 Å². The van der Waals surface area contributed by atoms with Gasteiger partial charge in [0.25, 0.3) is 0 Å². The quantitative estimate of drug-likeness (QED) is 0.723. The van der Waals surface area contributed by atoms with E-state index in [0.29, 0.717) is 5.92 Å². The minimum absolute atomic E-state index is 0.601. The van der Waals surface area contributed by atoms with Gasteiger partial charge in [-0.3, -0.25) is 4.98 Å². The number of rotatable bonds is 7. The Morgan fingerprint density at radius 2 is 1.90 bits per heavy atom. The number of pyridine rings is 1. The summed E-state index contributed by atoms with van der Waals surface area (Å²) in [4.78, 5) is 4.82. The maximum absolute atomic E-state index is 4.82. The van der Waals surface area contributed by atoms with Crippen LogP contribution in [0.3, 0.4) is 0 Å². The second-order valence-electron chi connectivity index (χ2n) is 5.92. The van der Waals surface area contributed by atoms with Crippen LogP contribution in [0.25, 0.3) is 10.9 Å². The molecule has 1 atom stereocenters. The van der Waals surface area contributed by atoms with Crippen LogP contribution in [0.5, 0.6) is 0 Å². The summed E-state index contributed by atoms with van der Waals surface area (Å²) < 4.78 is 0. The molecule has 21 heavy (non-hydrogen) atoms. The summed E-state index contributed by atoms with van der Waals surface area (Å²) >= 11 is 0. The van der Waals surface area contributed by atoms with Crippen molar-refractivity contribution in [2.24, 2.45) is 0 Å². The molecule has 0 amide bonds. The van der Waals surface area contributed by atoms with Crippen LogP contribution >= 0.6 is 0 Å². The largest absolute Gasteiger partial charge is 0.384 e. The number of nitrogens with zero attached hydrogens (tertiary/aromatic N) is 1. The summed E-state index contributed by atoms with van der Waals surface area (Å²) in [6.07, 6.45) is 4.49. The van der Waals surface area contributed by atoms with Gasteiger partial charge in [-0.25, -0.2) is 0 Å². The first-order chi connectivity index (χ1) is 10.2. The number of aryl methyl sites for hydroxylation is 1. The summed E-state index contributed by atoms with van der Waals surface area (Å²) in [5, 5.41) is 4.85. The SMILES string of the molecule is CCCNc1cc(CCC)nc2ccc(C(C)CC)cc12. The summed E-state index contributed by atoms with van der Waals surface area (Å²) in [5.74, 6) is 0.601. The Morgan fingerprint density at radius 1 is 1.10 bits per heavy atom. The summed E-state index contributed by atoms with van der Waals surface area (Å²) in [6, 6.07) is 8.99. The molecule has 2 heteroatoms. The molecule has 1 aromatic heterocycles. The molecule has 0 spiro atoms. The lowest BCUT2D eigenvalue weighted by atomic mass is 9.96. The normalized spacial score (nSPS) is 12.6. The smallest absolute Gasteiger partial charge is 0.0726 e. The van der Waals surface area contributed by atoms with Crippen LogP contribution in [0.2, 0.25) is 0 Å². The Hall–Kier alpha value is -1.57. The van der Waals surface area contributed by atoms with E-state index >= 15 is 0 Å². The predicted molar refractivity (Wildman–Crippen MR) is 93.2 cm³/mol. The zero-order chi connectivity index (χ0) is 15.2. The molecule has 2 rings (SSSR count). The molecule has 1 unspecified atom stereocenters. The van der Waals surface area contributed by atoms with Gasteiger partial charge in [-0.2, -0.15) is 0 Å². The molecule has 0 radical (unpaired) electrons. The fourth-order valence-electron chi connectivity index (χ4n) is 2.63. The summed E-state index contributed by atoms with van der Waals surface area (Å²) in [6.45, 7) is 9.95. The zero-order valence-corrected chi connectivity index (χ0v) is 13.9. The van der Waals surface area contributed by atoms with E-state index in [1.807, 2.05) is 0 Å². The molecule has 0 aliphatic rings. The number of fused-ring (bicyclic) bond motifs is 1. The van der Waals surface area contributed by atoms with Gasteiger partial charge >= 0.3 is 0 Å². The molecule has 0 bridgehead atoms. The van der Waals surface area contributed by atoms with Gasteiger partial charge in [-0.05, 0) is 48.9 Å². The van der Waals surface area contributed by atoms with Crippen molar-refractivity contribution in [3.8, 4) is 0 Å². The van der Waals surface area contributed by atoms with Crippen LogP contribution in [0.4, 0.5) is 5.69 Å². The van der Waals surface area contributed by atoms with E-state index in [1.165, 1.54) is 28.8 Å². The number of aromatic nitrogens is 1. The van der Waals surface area contributed by atoms with E-state index in [1.54, 1.807) is 0 Å². The molecule has 1 N–H and O–H groups in total. The van der Waals surface area contributed by atoms with E-state index in [0.717, 1.165) is 31.3 Å². The third kappa shape index (κ3) is 3.75.